The Morgan fingerprint density at radius 2 is 1.81 bits per heavy atom. The molecular formula is C17H16ClNO2. The summed E-state index contributed by atoms with van der Waals surface area (Å²) in [5, 5.41) is 11.1. The van der Waals surface area contributed by atoms with Crippen LogP contribution in [0.4, 0.5) is 0 Å². The van der Waals surface area contributed by atoms with Gasteiger partial charge in [-0.1, -0.05) is 48.0 Å². The van der Waals surface area contributed by atoms with E-state index in [0.29, 0.717) is 11.7 Å². The molecule has 0 aliphatic heterocycles. The van der Waals surface area contributed by atoms with Crippen molar-refractivity contribution >= 4 is 22.5 Å². The largest absolute Gasteiger partial charge is 0.496 e. The second kappa shape index (κ2) is 5.80. The van der Waals surface area contributed by atoms with E-state index in [2.05, 4.69) is 0 Å². The molecule has 1 N–H and O–H groups in total. The van der Waals surface area contributed by atoms with E-state index in [0.717, 1.165) is 27.8 Å². The van der Waals surface area contributed by atoms with Gasteiger partial charge in [0.25, 0.3) is 0 Å². The van der Waals surface area contributed by atoms with Crippen molar-refractivity contribution in [2.75, 3.05) is 7.11 Å². The van der Waals surface area contributed by atoms with Crippen LogP contribution in [0.2, 0.25) is 5.15 Å². The maximum atomic E-state index is 9.57. The van der Waals surface area contributed by atoms with Crippen molar-refractivity contribution in [1.82, 2.24) is 4.57 Å². The molecule has 0 spiro atoms. The molecule has 0 saturated carbocycles. The van der Waals surface area contributed by atoms with Gasteiger partial charge < -0.3 is 14.4 Å². The average molecular weight is 302 g/mol. The van der Waals surface area contributed by atoms with Gasteiger partial charge in [-0.15, -0.1) is 0 Å². The zero-order valence-electron chi connectivity index (χ0n) is 11.7. The van der Waals surface area contributed by atoms with Crippen LogP contribution < -0.4 is 4.74 Å². The minimum atomic E-state index is -0.0712. The van der Waals surface area contributed by atoms with Crippen LogP contribution in [0.1, 0.15) is 11.1 Å². The summed E-state index contributed by atoms with van der Waals surface area (Å²) in [5.41, 5.74) is 2.83. The average Bonchev–Trinajstić information content (AvgIpc) is 2.80. The molecule has 4 heteroatoms. The molecular weight excluding hydrogens is 286 g/mol. The number of benzene rings is 2. The van der Waals surface area contributed by atoms with Crippen LogP contribution in [0.5, 0.6) is 5.75 Å². The smallest absolute Gasteiger partial charge is 0.123 e. The van der Waals surface area contributed by atoms with Gasteiger partial charge in [0, 0.05) is 22.0 Å². The molecule has 3 aromatic rings. The molecule has 108 valence electrons. The van der Waals surface area contributed by atoms with E-state index in [4.69, 9.17) is 16.3 Å². The number of hydrogen-bond donors (Lipinski definition) is 1. The number of aliphatic hydroxyl groups is 1. The van der Waals surface area contributed by atoms with E-state index in [1.807, 2.05) is 53.1 Å². The van der Waals surface area contributed by atoms with Crippen LogP contribution in [0.25, 0.3) is 10.9 Å². The Balaban J connectivity index is 2.15. The number of nitrogens with zero attached hydrogens (tertiary/aromatic N) is 1. The van der Waals surface area contributed by atoms with Gasteiger partial charge >= 0.3 is 0 Å². The van der Waals surface area contributed by atoms with Crippen molar-refractivity contribution in [2.24, 2.45) is 0 Å². The summed E-state index contributed by atoms with van der Waals surface area (Å²) >= 11 is 6.46. The normalized spacial score (nSPS) is 11.0. The lowest BCUT2D eigenvalue weighted by atomic mass is 10.2. The summed E-state index contributed by atoms with van der Waals surface area (Å²) in [6.07, 6.45) is 0. The van der Waals surface area contributed by atoms with E-state index in [9.17, 15) is 5.11 Å². The lowest BCUT2D eigenvalue weighted by Gasteiger charge is -2.11. The summed E-state index contributed by atoms with van der Waals surface area (Å²) < 4.78 is 7.40. The van der Waals surface area contributed by atoms with E-state index in [-0.39, 0.29) is 6.61 Å². The number of aromatic nitrogens is 1. The van der Waals surface area contributed by atoms with Crippen LogP contribution in [0, 0.1) is 0 Å². The van der Waals surface area contributed by atoms with Gasteiger partial charge in [0.05, 0.1) is 20.3 Å². The van der Waals surface area contributed by atoms with Crippen molar-refractivity contribution in [3.63, 3.8) is 0 Å². The van der Waals surface area contributed by atoms with Crippen LogP contribution in [-0.4, -0.2) is 16.8 Å². The van der Waals surface area contributed by atoms with Gasteiger partial charge in [0.15, 0.2) is 0 Å². The predicted molar refractivity (Wildman–Crippen MR) is 85.0 cm³/mol. The SMILES string of the molecule is COc1ccccc1Cn1c(Cl)c(CO)c2ccccc21. The van der Waals surface area contributed by atoms with Crippen molar-refractivity contribution < 1.29 is 9.84 Å². The Morgan fingerprint density at radius 3 is 2.57 bits per heavy atom. The van der Waals surface area contributed by atoms with Crippen molar-refractivity contribution in [2.45, 2.75) is 13.2 Å². The van der Waals surface area contributed by atoms with Gasteiger partial charge in [-0.25, -0.2) is 0 Å². The molecule has 0 radical (unpaired) electrons. The van der Waals surface area contributed by atoms with Crippen LogP contribution >= 0.6 is 11.6 Å². The van der Waals surface area contributed by atoms with Crippen LogP contribution in [-0.2, 0) is 13.2 Å². The quantitative estimate of drug-likeness (QED) is 0.794. The van der Waals surface area contributed by atoms with Gasteiger partial charge in [0.2, 0.25) is 0 Å². The zero-order chi connectivity index (χ0) is 14.8. The van der Waals surface area contributed by atoms with Gasteiger partial charge in [-0.05, 0) is 12.1 Å². The third-order valence-electron chi connectivity index (χ3n) is 3.69. The number of rotatable bonds is 4. The summed E-state index contributed by atoms with van der Waals surface area (Å²) in [4.78, 5) is 0. The molecule has 1 aromatic heterocycles. The first kappa shape index (κ1) is 14.0. The number of hydrogen-bond acceptors (Lipinski definition) is 2. The third kappa shape index (κ3) is 2.39. The van der Waals surface area contributed by atoms with Gasteiger partial charge in [-0.3, -0.25) is 0 Å². The molecule has 0 aliphatic carbocycles. The van der Waals surface area contributed by atoms with Crippen molar-refractivity contribution in [1.29, 1.82) is 0 Å². The number of methoxy groups -OCH3 is 1. The molecule has 0 aliphatic rings. The Bertz CT molecular complexity index is 780. The van der Waals surface area contributed by atoms with Crippen molar-refractivity contribution in [3.8, 4) is 5.75 Å². The summed E-state index contributed by atoms with van der Waals surface area (Å²) in [6.45, 7) is 0.529. The maximum absolute atomic E-state index is 9.57. The van der Waals surface area contributed by atoms with Crippen LogP contribution in [0.15, 0.2) is 48.5 Å². The number of halogens is 1. The summed E-state index contributed by atoms with van der Waals surface area (Å²) in [7, 11) is 1.66. The molecule has 3 rings (SSSR count). The molecule has 21 heavy (non-hydrogen) atoms. The molecule has 0 unspecified atom stereocenters. The molecule has 0 saturated heterocycles. The minimum absolute atomic E-state index is 0.0712. The van der Waals surface area contributed by atoms with Gasteiger partial charge in [0.1, 0.15) is 10.9 Å². The van der Waals surface area contributed by atoms with E-state index in [1.165, 1.54) is 0 Å². The number of fused-ring (bicyclic) bond motifs is 1. The monoisotopic (exact) mass is 301 g/mol. The summed E-state index contributed by atoms with van der Waals surface area (Å²) in [6, 6.07) is 15.8. The standard InChI is InChI=1S/C17H16ClNO2/c1-21-16-9-5-2-6-12(16)10-19-15-8-4-3-7-13(15)14(11-20)17(19)18/h2-9,20H,10-11H2,1H3. The molecule has 0 atom stereocenters. The Labute approximate surface area is 128 Å². The number of ether oxygens (including phenoxy) is 1. The second-order valence-corrected chi connectivity index (χ2v) is 5.20. The first-order chi connectivity index (χ1) is 10.3. The topological polar surface area (TPSA) is 34.4 Å². The lowest BCUT2D eigenvalue weighted by molar-refractivity contribution is 0.283. The Kier molecular flexibility index (Phi) is 3.86. The lowest BCUT2D eigenvalue weighted by Crippen LogP contribution is -2.02. The molecule has 3 nitrogen and oxygen atoms in total. The fourth-order valence-electron chi connectivity index (χ4n) is 2.65. The highest BCUT2D eigenvalue weighted by molar-refractivity contribution is 6.32. The molecule has 2 aromatic carbocycles. The van der Waals surface area contributed by atoms with Crippen LogP contribution in [0.3, 0.4) is 0 Å². The predicted octanol–water partition coefficient (Wildman–Crippen LogP) is 3.84. The highest BCUT2D eigenvalue weighted by atomic mass is 35.5. The van der Waals surface area contributed by atoms with E-state index in [1.54, 1.807) is 7.11 Å². The fourth-order valence-corrected chi connectivity index (χ4v) is 2.97. The number of para-hydroxylation sites is 2. The molecule has 0 fully saturated rings. The molecule has 1 heterocycles. The highest BCUT2D eigenvalue weighted by Gasteiger charge is 2.15. The minimum Gasteiger partial charge on any atom is -0.496 e. The Morgan fingerprint density at radius 1 is 1.10 bits per heavy atom. The molecule has 0 amide bonds. The molecule has 0 bridgehead atoms. The van der Waals surface area contributed by atoms with E-state index < -0.39 is 0 Å². The summed E-state index contributed by atoms with van der Waals surface area (Å²) in [5.74, 6) is 0.830. The van der Waals surface area contributed by atoms with E-state index >= 15 is 0 Å². The Hall–Kier alpha value is -1.97. The third-order valence-corrected chi connectivity index (χ3v) is 4.12. The number of aliphatic hydroxyl groups excluding tert-OH is 1. The van der Waals surface area contributed by atoms with Gasteiger partial charge in [-0.2, -0.15) is 0 Å². The van der Waals surface area contributed by atoms with Crippen molar-refractivity contribution in [3.05, 3.63) is 64.8 Å². The first-order valence-electron chi connectivity index (χ1n) is 6.74. The fraction of sp³-hybridized carbons (Fsp3) is 0.176. The maximum Gasteiger partial charge on any atom is 0.123 e. The first-order valence-corrected chi connectivity index (χ1v) is 7.12. The zero-order valence-corrected chi connectivity index (χ0v) is 12.5. The highest BCUT2D eigenvalue weighted by Crippen LogP contribution is 2.32. The second-order valence-electron chi connectivity index (χ2n) is 4.84.